The Morgan fingerprint density at radius 2 is 1.71 bits per heavy atom. The Kier molecular flexibility index (Phi) is 4.61. The molecule has 0 bridgehead atoms. The Balaban J connectivity index is 1.96. The number of para-hydroxylation sites is 1. The quantitative estimate of drug-likeness (QED) is 0.706. The fourth-order valence-corrected chi connectivity index (χ4v) is 2.59. The van der Waals surface area contributed by atoms with Gasteiger partial charge in [-0.3, -0.25) is 4.79 Å². The van der Waals surface area contributed by atoms with Crippen LogP contribution in [0, 0.1) is 0 Å². The number of rotatable bonds is 5. The summed E-state index contributed by atoms with van der Waals surface area (Å²) >= 11 is 0. The van der Waals surface area contributed by atoms with Crippen LogP contribution in [0.1, 0.15) is 12.5 Å². The summed E-state index contributed by atoms with van der Waals surface area (Å²) in [6.45, 7) is 2.55. The zero-order valence-electron chi connectivity index (χ0n) is 13.3. The smallest absolute Gasteiger partial charge is 0.362 e. The first-order valence-corrected chi connectivity index (χ1v) is 7.82. The van der Waals surface area contributed by atoms with E-state index in [1.54, 1.807) is 12.1 Å². The maximum absolute atomic E-state index is 12.3. The zero-order chi connectivity index (χ0) is 16.9. The molecule has 0 saturated carbocycles. The Hall–Kier alpha value is -3.08. The number of benzene rings is 2. The Labute approximate surface area is 139 Å². The van der Waals surface area contributed by atoms with E-state index < -0.39 is 5.63 Å². The highest BCUT2D eigenvalue weighted by atomic mass is 16.4. The summed E-state index contributed by atoms with van der Waals surface area (Å²) in [7, 11) is 0. The minimum atomic E-state index is -0.564. The minimum Gasteiger partial charge on any atom is -0.421 e. The molecule has 2 N–H and O–H groups in total. The third-order valence-electron chi connectivity index (χ3n) is 3.64. The summed E-state index contributed by atoms with van der Waals surface area (Å²) in [5, 5.41) is 6.61. The maximum atomic E-state index is 12.3. The monoisotopic (exact) mass is 322 g/mol. The molecule has 5 heteroatoms. The van der Waals surface area contributed by atoms with E-state index in [0.717, 1.165) is 10.9 Å². The predicted molar refractivity (Wildman–Crippen MR) is 95.4 cm³/mol. The molecule has 5 nitrogen and oxygen atoms in total. The van der Waals surface area contributed by atoms with Gasteiger partial charge in [0, 0.05) is 11.9 Å². The van der Waals surface area contributed by atoms with Gasteiger partial charge in [-0.15, -0.1) is 0 Å². The van der Waals surface area contributed by atoms with Crippen molar-refractivity contribution in [2.75, 3.05) is 17.2 Å². The van der Waals surface area contributed by atoms with Gasteiger partial charge >= 0.3 is 5.63 Å². The van der Waals surface area contributed by atoms with Crippen LogP contribution in [0.5, 0.6) is 0 Å². The lowest BCUT2D eigenvalue weighted by molar-refractivity contribution is -0.115. The van der Waals surface area contributed by atoms with E-state index >= 15 is 0 Å². The van der Waals surface area contributed by atoms with E-state index in [9.17, 15) is 9.59 Å². The van der Waals surface area contributed by atoms with Gasteiger partial charge in [0.05, 0.1) is 12.1 Å². The van der Waals surface area contributed by atoms with Crippen LogP contribution < -0.4 is 16.3 Å². The van der Waals surface area contributed by atoms with E-state index in [1.807, 2.05) is 49.4 Å². The molecule has 1 amide bonds. The molecule has 0 fully saturated rings. The normalized spacial score (nSPS) is 10.5. The molecule has 0 atom stereocenters. The first-order chi connectivity index (χ1) is 11.7. The third-order valence-corrected chi connectivity index (χ3v) is 3.64. The van der Waals surface area contributed by atoms with Crippen molar-refractivity contribution in [3.8, 4) is 0 Å². The summed E-state index contributed by atoms with van der Waals surface area (Å²) in [6.07, 6.45) is 0.193. The SMILES string of the molecule is CCNc1c(NC(=O)Cc2ccccc2)c(=O)oc2ccccc12. The molecule has 0 saturated heterocycles. The Bertz CT molecular complexity index is 917. The summed E-state index contributed by atoms with van der Waals surface area (Å²) in [5.74, 6) is -0.261. The lowest BCUT2D eigenvalue weighted by Gasteiger charge is -2.13. The van der Waals surface area contributed by atoms with Gasteiger partial charge in [0.15, 0.2) is 5.69 Å². The van der Waals surface area contributed by atoms with Gasteiger partial charge in [-0.2, -0.15) is 0 Å². The number of fused-ring (bicyclic) bond motifs is 1. The molecule has 0 unspecified atom stereocenters. The van der Waals surface area contributed by atoms with Crippen molar-refractivity contribution in [3.05, 3.63) is 70.6 Å². The van der Waals surface area contributed by atoms with Crippen molar-refractivity contribution >= 4 is 28.3 Å². The lowest BCUT2D eigenvalue weighted by atomic mass is 10.1. The van der Waals surface area contributed by atoms with Crippen LogP contribution in [0.3, 0.4) is 0 Å². The maximum Gasteiger partial charge on any atom is 0.362 e. The zero-order valence-corrected chi connectivity index (χ0v) is 13.3. The molecule has 0 aliphatic carbocycles. The second-order valence-corrected chi connectivity index (χ2v) is 5.38. The molecule has 1 heterocycles. The summed E-state index contributed by atoms with van der Waals surface area (Å²) in [4.78, 5) is 24.6. The van der Waals surface area contributed by atoms with E-state index in [4.69, 9.17) is 4.42 Å². The van der Waals surface area contributed by atoms with E-state index in [2.05, 4.69) is 10.6 Å². The van der Waals surface area contributed by atoms with Gasteiger partial charge in [0.1, 0.15) is 5.58 Å². The molecule has 0 aliphatic rings. The van der Waals surface area contributed by atoms with E-state index in [1.165, 1.54) is 0 Å². The molecular formula is C19H18N2O3. The second-order valence-electron chi connectivity index (χ2n) is 5.38. The fourth-order valence-electron chi connectivity index (χ4n) is 2.59. The van der Waals surface area contributed by atoms with Crippen molar-refractivity contribution < 1.29 is 9.21 Å². The van der Waals surface area contributed by atoms with Crippen molar-refractivity contribution in [2.24, 2.45) is 0 Å². The lowest BCUT2D eigenvalue weighted by Crippen LogP contribution is -2.21. The first-order valence-electron chi connectivity index (χ1n) is 7.82. The van der Waals surface area contributed by atoms with Gasteiger partial charge in [-0.1, -0.05) is 42.5 Å². The topological polar surface area (TPSA) is 71.3 Å². The van der Waals surface area contributed by atoms with Crippen molar-refractivity contribution in [1.82, 2.24) is 0 Å². The van der Waals surface area contributed by atoms with Crippen LogP contribution in [-0.2, 0) is 11.2 Å². The first kappa shape index (κ1) is 15.8. The molecule has 3 aromatic rings. The summed E-state index contributed by atoms with van der Waals surface area (Å²) in [6, 6.07) is 16.6. The molecular weight excluding hydrogens is 304 g/mol. The molecule has 0 aliphatic heterocycles. The van der Waals surface area contributed by atoms with Crippen molar-refractivity contribution in [1.29, 1.82) is 0 Å². The molecule has 1 aromatic heterocycles. The third kappa shape index (κ3) is 3.30. The Morgan fingerprint density at radius 1 is 1.00 bits per heavy atom. The van der Waals surface area contributed by atoms with Crippen LogP contribution in [0.4, 0.5) is 11.4 Å². The number of carbonyl (C=O) groups is 1. The number of hydrogen-bond donors (Lipinski definition) is 2. The Morgan fingerprint density at radius 3 is 2.46 bits per heavy atom. The van der Waals surface area contributed by atoms with Crippen LogP contribution in [0.25, 0.3) is 11.0 Å². The number of anilines is 2. The van der Waals surface area contributed by atoms with Gasteiger partial charge in [-0.25, -0.2) is 4.79 Å². The second kappa shape index (κ2) is 7.00. The average molecular weight is 322 g/mol. The molecule has 2 aromatic carbocycles. The molecule has 0 spiro atoms. The van der Waals surface area contributed by atoms with Gasteiger partial charge < -0.3 is 15.1 Å². The molecule has 0 radical (unpaired) electrons. The van der Waals surface area contributed by atoms with Crippen molar-refractivity contribution in [3.63, 3.8) is 0 Å². The largest absolute Gasteiger partial charge is 0.421 e. The number of amides is 1. The van der Waals surface area contributed by atoms with E-state index in [-0.39, 0.29) is 18.0 Å². The van der Waals surface area contributed by atoms with Crippen LogP contribution in [0.2, 0.25) is 0 Å². The number of nitrogens with one attached hydrogen (secondary N) is 2. The molecule has 24 heavy (non-hydrogen) atoms. The standard InChI is InChI=1S/C19H18N2O3/c1-2-20-17-14-10-6-7-11-15(14)24-19(23)18(17)21-16(22)12-13-8-4-3-5-9-13/h3-11,20H,2,12H2,1H3,(H,21,22). The van der Waals surface area contributed by atoms with Gasteiger partial charge in [0.25, 0.3) is 0 Å². The highest BCUT2D eigenvalue weighted by molar-refractivity contribution is 6.02. The van der Waals surface area contributed by atoms with Crippen molar-refractivity contribution in [2.45, 2.75) is 13.3 Å². The van der Waals surface area contributed by atoms with Crippen LogP contribution in [0.15, 0.2) is 63.8 Å². The van der Waals surface area contributed by atoms with Crippen LogP contribution >= 0.6 is 0 Å². The highest BCUT2D eigenvalue weighted by Gasteiger charge is 2.16. The molecule has 122 valence electrons. The number of hydrogen-bond acceptors (Lipinski definition) is 4. The predicted octanol–water partition coefficient (Wildman–Crippen LogP) is 3.41. The summed E-state index contributed by atoms with van der Waals surface area (Å²) < 4.78 is 5.32. The van der Waals surface area contributed by atoms with Gasteiger partial charge in [-0.05, 0) is 24.6 Å². The number of carbonyl (C=O) groups excluding carboxylic acids is 1. The highest BCUT2D eigenvalue weighted by Crippen LogP contribution is 2.28. The van der Waals surface area contributed by atoms with Gasteiger partial charge in [0.2, 0.25) is 5.91 Å². The van der Waals surface area contributed by atoms with E-state index in [0.29, 0.717) is 17.8 Å². The average Bonchev–Trinajstić information content (AvgIpc) is 2.59. The minimum absolute atomic E-state index is 0.150. The molecule has 3 rings (SSSR count). The van der Waals surface area contributed by atoms with Crippen LogP contribution in [-0.4, -0.2) is 12.5 Å². The summed E-state index contributed by atoms with van der Waals surface area (Å²) in [5.41, 5.74) is 1.54. The fraction of sp³-hybridized carbons (Fsp3) is 0.158.